The number of aromatic hydroxyl groups is 1. The van der Waals surface area contributed by atoms with Crippen molar-refractivity contribution < 1.29 is 19.4 Å². The first kappa shape index (κ1) is 14.8. The molecule has 108 valence electrons. The standard InChI is InChI=1S/C17H16O4/c1-11-3-8-15(18)14(9-11)17(20)10-16(19)12-4-6-13(21-2)7-5-12/h3-9,18H,10H2,1-2H3. The van der Waals surface area contributed by atoms with Gasteiger partial charge in [-0.1, -0.05) is 11.6 Å². The van der Waals surface area contributed by atoms with Crippen molar-refractivity contribution >= 4 is 11.6 Å². The number of rotatable bonds is 5. The van der Waals surface area contributed by atoms with Gasteiger partial charge in [0, 0.05) is 5.56 Å². The number of aryl methyl sites for hydroxylation is 1. The van der Waals surface area contributed by atoms with Gasteiger partial charge in [-0.15, -0.1) is 0 Å². The molecule has 0 bridgehead atoms. The van der Waals surface area contributed by atoms with Crippen LogP contribution in [0.25, 0.3) is 0 Å². The Morgan fingerprint density at radius 2 is 1.71 bits per heavy atom. The van der Waals surface area contributed by atoms with Crippen molar-refractivity contribution in [1.29, 1.82) is 0 Å². The zero-order chi connectivity index (χ0) is 15.4. The van der Waals surface area contributed by atoms with E-state index in [4.69, 9.17) is 4.74 Å². The zero-order valence-electron chi connectivity index (χ0n) is 11.9. The molecule has 0 heterocycles. The van der Waals surface area contributed by atoms with Gasteiger partial charge in [0.1, 0.15) is 11.5 Å². The second-order valence-corrected chi connectivity index (χ2v) is 4.77. The number of carbonyl (C=O) groups is 2. The first-order valence-electron chi connectivity index (χ1n) is 6.51. The van der Waals surface area contributed by atoms with Crippen LogP contribution >= 0.6 is 0 Å². The van der Waals surface area contributed by atoms with Crippen molar-refractivity contribution in [3.8, 4) is 11.5 Å². The van der Waals surface area contributed by atoms with Gasteiger partial charge >= 0.3 is 0 Å². The second-order valence-electron chi connectivity index (χ2n) is 4.77. The number of ketones is 2. The highest BCUT2D eigenvalue weighted by atomic mass is 16.5. The van der Waals surface area contributed by atoms with Crippen LogP contribution in [0.5, 0.6) is 11.5 Å². The normalized spacial score (nSPS) is 10.2. The minimum absolute atomic E-state index is 0.104. The van der Waals surface area contributed by atoms with Gasteiger partial charge in [0.2, 0.25) is 0 Å². The van der Waals surface area contributed by atoms with E-state index in [2.05, 4.69) is 0 Å². The lowest BCUT2D eigenvalue weighted by molar-refractivity contribution is 0.0893. The number of benzene rings is 2. The van der Waals surface area contributed by atoms with Crippen molar-refractivity contribution in [1.82, 2.24) is 0 Å². The Morgan fingerprint density at radius 1 is 1.05 bits per heavy atom. The summed E-state index contributed by atoms with van der Waals surface area (Å²) >= 11 is 0. The summed E-state index contributed by atoms with van der Waals surface area (Å²) in [6, 6.07) is 11.3. The highest BCUT2D eigenvalue weighted by Crippen LogP contribution is 2.21. The summed E-state index contributed by atoms with van der Waals surface area (Å²) in [6.07, 6.45) is -0.274. The third kappa shape index (κ3) is 3.48. The Hall–Kier alpha value is -2.62. The van der Waals surface area contributed by atoms with Crippen molar-refractivity contribution in [2.45, 2.75) is 13.3 Å². The van der Waals surface area contributed by atoms with Crippen LogP contribution in [0.4, 0.5) is 0 Å². The molecule has 0 saturated heterocycles. The number of phenols is 1. The number of methoxy groups -OCH3 is 1. The van der Waals surface area contributed by atoms with Crippen molar-refractivity contribution in [2.24, 2.45) is 0 Å². The Bertz CT molecular complexity index is 672. The third-order valence-corrected chi connectivity index (χ3v) is 3.19. The van der Waals surface area contributed by atoms with E-state index in [0.29, 0.717) is 11.3 Å². The molecule has 4 nitrogen and oxygen atoms in total. The molecule has 0 spiro atoms. The Labute approximate surface area is 123 Å². The quantitative estimate of drug-likeness (QED) is 0.676. The lowest BCUT2D eigenvalue weighted by Crippen LogP contribution is -2.09. The molecule has 4 heteroatoms. The van der Waals surface area contributed by atoms with Gasteiger partial charge in [-0.3, -0.25) is 9.59 Å². The number of phenolic OH excluding ortho intramolecular Hbond substituents is 1. The molecule has 0 amide bonds. The van der Waals surface area contributed by atoms with Crippen LogP contribution in [-0.4, -0.2) is 23.8 Å². The van der Waals surface area contributed by atoms with Crippen LogP contribution in [0.3, 0.4) is 0 Å². The molecule has 0 fully saturated rings. The van der Waals surface area contributed by atoms with Crippen LogP contribution in [0.15, 0.2) is 42.5 Å². The Morgan fingerprint density at radius 3 is 2.33 bits per heavy atom. The maximum Gasteiger partial charge on any atom is 0.174 e. The predicted octanol–water partition coefficient (Wildman–Crippen LogP) is 3.16. The SMILES string of the molecule is COc1ccc(C(=O)CC(=O)c2cc(C)ccc2O)cc1. The van der Waals surface area contributed by atoms with E-state index in [1.807, 2.05) is 6.92 Å². The van der Waals surface area contributed by atoms with E-state index < -0.39 is 5.78 Å². The minimum atomic E-state index is -0.392. The molecule has 0 radical (unpaired) electrons. The summed E-state index contributed by atoms with van der Waals surface area (Å²) in [7, 11) is 1.54. The van der Waals surface area contributed by atoms with E-state index in [0.717, 1.165) is 5.56 Å². The Balaban J connectivity index is 2.14. The molecule has 0 aliphatic carbocycles. The lowest BCUT2D eigenvalue weighted by atomic mass is 9.99. The van der Waals surface area contributed by atoms with Gasteiger partial charge in [0.25, 0.3) is 0 Å². The highest BCUT2D eigenvalue weighted by molar-refractivity contribution is 6.14. The van der Waals surface area contributed by atoms with Crippen molar-refractivity contribution in [3.05, 3.63) is 59.2 Å². The molecule has 2 aromatic rings. The molecule has 0 saturated carbocycles. The lowest BCUT2D eigenvalue weighted by Gasteiger charge is -2.05. The minimum Gasteiger partial charge on any atom is -0.507 e. The largest absolute Gasteiger partial charge is 0.507 e. The van der Waals surface area contributed by atoms with Gasteiger partial charge in [-0.25, -0.2) is 0 Å². The van der Waals surface area contributed by atoms with Gasteiger partial charge in [-0.05, 0) is 43.3 Å². The Kier molecular flexibility index (Phi) is 4.38. The first-order valence-corrected chi connectivity index (χ1v) is 6.51. The van der Waals surface area contributed by atoms with E-state index >= 15 is 0 Å². The average molecular weight is 284 g/mol. The van der Waals surface area contributed by atoms with E-state index in [-0.39, 0.29) is 23.5 Å². The number of hydrogen-bond acceptors (Lipinski definition) is 4. The number of Topliss-reactive ketones (excluding diaryl/α,β-unsaturated/α-hetero) is 2. The van der Waals surface area contributed by atoms with E-state index in [1.54, 1.807) is 43.5 Å². The summed E-state index contributed by atoms with van der Waals surface area (Å²) in [4.78, 5) is 24.2. The molecule has 0 unspecified atom stereocenters. The fourth-order valence-corrected chi connectivity index (χ4v) is 1.99. The first-order chi connectivity index (χ1) is 10.0. The van der Waals surface area contributed by atoms with Crippen LogP contribution in [0.2, 0.25) is 0 Å². The van der Waals surface area contributed by atoms with Crippen LogP contribution in [-0.2, 0) is 0 Å². The van der Waals surface area contributed by atoms with Gasteiger partial charge in [-0.2, -0.15) is 0 Å². The molecule has 2 aromatic carbocycles. The van der Waals surface area contributed by atoms with Crippen molar-refractivity contribution in [2.75, 3.05) is 7.11 Å². The van der Waals surface area contributed by atoms with Crippen molar-refractivity contribution in [3.63, 3.8) is 0 Å². The molecule has 0 aliphatic heterocycles. The maximum absolute atomic E-state index is 12.1. The van der Waals surface area contributed by atoms with Gasteiger partial charge in [0.15, 0.2) is 11.6 Å². The highest BCUT2D eigenvalue weighted by Gasteiger charge is 2.16. The molecule has 0 aromatic heterocycles. The van der Waals surface area contributed by atoms with Gasteiger partial charge < -0.3 is 9.84 Å². The average Bonchev–Trinajstić information content (AvgIpc) is 2.49. The third-order valence-electron chi connectivity index (χ3n) is 3.19. The van der Waals surface area contributed by atoms with E-state index in [1.165, 1.54) is 6.07 Å². The number of hydrogen-bond donors (Lipinski definition) is 1. The summed E-state index contributed by atoms with van der Waals surface area (Å²) in [6.45, 7) is 1.82. The predicted molar refractivity (Wildman–Crippen MR) is 79.1 cm³/mol. The summed E-state index contributed by atoms with van der Waals surface area (Å²) in [5.41, 5.74) is 1.47. The van der Waals surface area contributed by atoms with Crippen LogP contribution < -0.4 is 4.74 Å². The van der Waals surface area contributed by atoms with E-state index in [9.17, 15) is 14.7 Å². The summed E-state index contributed by atoms with van der Waals surface area (Å²) in [5.74, 6) is -0.136. The topological polar surface area (TPSA) is 63.6 Å². The molecule has 0 atom stereocenters. The summed E-state index contributed by atoms with van der Waals surface area (Å²) < 4.78 is 5.02. The molecule has 1 N–H and O–H groups in total. The fraction of sp³-hybridized carbons (Fsp3) is 0.176. The smallest absolute Gasteiger partial charge is 0.174 e. The summed E-state index contributed by atoms with van der Waals surface area (Å²) in [5, 5.41) is 9.71. The second kappa shape index (κ2) is 6.22. The van der Waals surface area contributed by atoms with Crippen LogP contribution in [0, 0.1) is 6.92 Å². The molecular formula is C17H16O4. The molecule has 21 heavy (non-hydrogen) atoms. The fourth-order valence-electron chi connectivity index (χ4n) is 1.99. The van der Waals surface area contributed by atoms with Gasteiger partial charge in [0.05, 0.1) is 19.1 Å². The maximum atomic E-state index is 12.1. The zero-order valence-corrected chi connectivity index (χ0v) is 11.9. The molecule has 2 rings (SSSR count). The number of carbonyl (C=O) groups excluding carboxylic acids is 2. The monoisotopic (exact) mass is 284 g/mol. The molecular weight excluding hydrogens is 268 g/mol. The molecule has 0 aliphatic rings. The van der Waals surface area contributed by atoms with Crippen LogP contribution in [0.1, 0.15) is 32.7 Å². The number of ether oxygens (including phenoxy) is 1.